The summed E-state index contributed by atoms with van der Waals surface area (Å²) in [5.74, 6) is 0.703. The number of pyridine rings is 1. The highest BCUT2D eigenvalue weighted by molar-refractivity contribution is 7.88. The lowest BCUT2D eigenvalue weighted by atomic mass is 10.1. The van der Waals surface area contributed by atoms with Crippen molar-refractivity contribution in [3.8, 4) is 0 Å². The number of sulfonamides is 1. The molecule has 1 saturated carbocycles. The molecule has 212 valence electrons. The fraction of sp³-hybridized carbons (Fsp3) is 0.519. The molecule has 2 atom stereocenters. The van der Waals surface area contributed by atoms with Crippen LogP contribution in [0.15, 0.2) is 30.6 Å². The fourth-order valence-electron chi connectivity index (χ4n) is 6.44. The first kappa shape index (κ1) is 26.6. The number of fused-ring (bicyclic) bond motifs is 3. The Morgan fingerprint density at radius 1 is 1.02 bits per heavy atom. The van der Waals surface area contributed by atoms with Gasteiger partial charge in [-0.2, -0.15) is 9.29 Å². The van der Waals surface area contributed by atoms with Gasteiger partial charge in [-0.25, -0.2) is 18.4 Å². The number of amides is 2. The third kappa shape index (κ3) is 4.81. The van der Waals surface area contributed by atoms with E-state index in [2.05, 4.69) is 19.9 Å². The lowest BCUT2D eigenvalue weighted by Gasteiger charge is -2.26. The number of carbonyl (C=O) groups excluding carboxylic acids is 2. The molecular weight excluding hydrogens is 532 g/mol. The van der Waals surface area contributed by atoms with E-state index in [9.17, 15) is 18.0 Å². The molecule has 0 spiro atoms. The van der Waals surface area contributed by atoms with Crippen molar-refractivity contribution in [3.63, 3.8) is 0 Å². The van der Waals surface area contributed by atoms with Gasteiger partial charge in [0.25, 0.3) is 5.91 Å². The predicted octanol–water partition coefficient (Wildman–Crippen LogP) is 2.92. The molecule has 2 saturated heterocycles. The molecule has 2 unspecified atom stereocenters. The SMILES string of the molecule is CN(C)C(=O)c1cc2cnc(Nc3ccc(N4CC5CCC(CC4=O)N5S(C)(=O)=O)cn3)nc2n1C1CCCC1. The summed E-state index contributed by atoms with van der Waals surface area (Å²) < 4.78 is 28.3. The monoisotopic (exact) mass is 566 g/mol. The quantitative estimate of drug-likeness (QED) is 0.482. The molecule has 1 N–H and O–H groups in total. The number of hydrogen-bond acceptors (Lipinski definition) is 8. The summed E-state index contributed by atoms with van der Waals surface area (Å²) in [6.45, 7) is 0.308. The van der Waals surface area contributed by atoms with Gasteiger partial charge in [-0.05, 0) is 43.9 Å². The van der Waals surface area contributed by atoms with Crippen LogP contribution < -0.4 is 10.2 Å². The van der Waals surface area contributed by atoms with Crippen molar-refractivity contribution >= 4 is 50.3 Å². The zero-order valence-electron chi connectivity index (χ0n) is 22.9. The van der Waals surface area contributed by atoms with Crippen LogP contribution in [0.1, 0.15) is 61.5 Å². The van der Waals surface area contributed by atoms with Crippen LogP contribution in [0.4, 0.5) is 17.5 Å². The molecular formula is C27H34N8O4S. The summed E-state index contributed by atoms with van der Waals surface area (Å²) in [7, 11) is 0.101. The third-order valence-electron chi connectivity index (χ3n) is 8.23. The van der Waals surface area contributed by atoms with E-state index in [0.29, 0.717) is 41.8 Å². The van der Waals surface area contributed by atoms with E-state index < -0.39 is 10.0 Å². The first-order valence-corrected chi connectivity index (χ1v) is 15.6. The van der Waals surface area contributed by atoms with E-state index >= 15 is 0 Å². The van der Waals surface area contributed by atoms with Crippen LogP contribution in [0.25, 0.3) is 11.0 Å². The smallest absolute Gasteiger partial charge is 0.270 e. The van der Waals surface area contributed by atoms with Gasteiger partial charge in [0.15, 0.2) is 0 Å². The van der Waals surface area contributed by atoms with Gasteiger partial charge in [-0.15, -0.1) is 0 Å². The number of nitrogens with one attached hydrogen (secondary N) is 1. The van der Waals surface area contributed by atoms with Crippen LogP contribution in [0.2, 0.25) is 0 Å². The van der Waals surface area contributed by atoms with Crippen molar-refractivity contribution < 1.29 is 18.0 Å². The Morgan fingerprint density at radius 2 is 1.77 bits per heavy atom. The van der Waals surface area contributed by atoms with Crippen LogP contribution in [-0.2, 0) is 14.8 Å². The summed E-state index contributed by atoms with van der Waals surface area (Å²) in [6, 6.07) is 5.12. The normalized spacial score (nSPS) is 22.2. The molecule has 13 heteroatoms. The zero-order chi connectivity index (χ0) is 28.2. The molecule has 6 rings (SSSR count). The van der Waals surface area contributed by atoms with Gasteiger partial charge in [-0.3, -0.25) is 9.59 Å². The van der Waals surface area contributed by atoms with Gasteiger partial charge in [0, 0.05) is 56.8 Å². The maximum atomic E-state index is 13.0. The Bertz CT molecular complexity index is 1560. The number of carbonyl (C=O) groups is 2. The Morgan fingerprint density at radius 3 is 2.45 bits per heavy atom. The van der Waals surface area contributed by atoms with Crippen LogP contribution in [-0.4, -0.2) is 87.9 Å². The van der Waals surface area contributed by atoms with Gasteiger partial charge >= 0.3 is 0 Å². The number of nitrogens with zero attached hydrogens (tertiary/aromatic N) is 7. The molecule has 2 bridgehead atoms. The standard InChI is InChI=1S/C27H34N8O4S/c1-32(2)26(37)22-12-17-14-29-27(31-25(17)34(22)18-6-4-5-7-18)30-23-11-10-20(15-28-23)33-16-21-9-8-19(13-24(33)36)35(21)40(3,38)39/h10-12,14-15,18-19,21H,4-9,13,16H2,1-3H3,(H,28,29,30,31). The molecule has 5 heterocycles. The third-order valence-corrected chi connectivity index (χ3v) is 9.59. The van der Waals surface area contributed by atoms with E-state index in [4.69, 9.17) is 4.98 Å². The average Bonchev–Trinajstić information content (AvgIpc) is 3.63. The Kier molecular flexibility index (Phi) is 6.73. The van der Waals surface area contributed by atoms with Crippen LogP contribution >= 0.6 is 0 Å². The molecule has 12 nitrogen and oxygen atoms in total. The second-order valence-electron chi connectivity index (χ2n) is 11.2. The summed E-state index contributed by atoms with van der Waals surface area (Å²) in [4.78, 5) is 42.9. The van der Waals surface area contributed by atoms with Gasteiger partial charge in [0.1, 0.15) is 17.2 Å². The first-order chi connectivity index (χ1) is 19.1. The second kappa shape index (κ2) is 10.1. The molecule has 0 radical (unpaired) electrons. The average molecular weight is 567 g/mol. The van der Waals surface area contributed by atoms with Crippen molar-refractivity contribution in [2.45, 2.75) is 63.1 Å². The topological polar surface area (TPSA) is 134 Å². The molecule has 3 aromatic rings. The van der Waals surface area contributed by atoms with Gasteiger partial charge in [0.05, 0.1) is 18.1 Å². The van der Waals surface area contributed by atoms with Gasteiger partial charge in [0.2, 0.25) is 21.9 Å². The van der Waals surface area contributed by atoms with E-state index in [0.717, 1.165) is 37.5 Å². The summed E-state index contributed by atoms with van der Waals surface area (Å²) in [5.41, 5.74) is 1.95. The molecule has 3 fully saturated rings. The Balaban J connectivity index is 1.24. The van der Waals surface area contributed by atoms with E-state index in [1.807, 2.05) is 6.07 Å². The highest BCUT2D eigenvalue weighted by Gasteiger charge is 2.45. The number of aromatic nitrogens is 4. The molecule has 2 amide bonds. The van der Waals surface area contributed by atoms with Crippen molar-refractivity contribution in [2.24, 2.45) is 0 Å². The molecule has 0 aromatic carbocycles. The molecule has 3 aromatic heterocycles. The van der Waals surface area contributed by atoms with Crippen molar-refractivity contribution in [3.05, 3.63) is 36.3 Å². The molecule has 2 aliphatic heterocycles. The minimum absolute atomic E-state index is 0.0624. The minimum atomic E-state index is -3.40. The van der Waals surface area contributed by atoms with E-state index in [1.165, 1.54) is 10.6 Å². The van der Waals surface area contributed by atoms with Crippen molar-refractivity contribution in [1.82, 2.24) is 28.7 Å². The first-order valence-electron chi connectivity index (χ1n) is 13.7. The molecule has 40 heavy (non-hydrogen) atoms. The number of anilines is 3. The number of hydrogen-bond donors (Lipinski definition) is 1. The van der Waals surface area contributed by atoms with Gasteiger partial charge < -0.3 is 19.7 Å². The lowest BCUT2D eigenvalue weighted by Crippen LogP contribution is -2.42. The highest BCUT2D eigenvalue weighted by Crippen LogP contribution is 2.36. The van der Waals surface area contributed by atoms with Crippen LogP contribution in [0, 0.1) is 0 Å². The van der Waals surface area contributed by atoms with Crippen molar-refractivity contribution in [1.29, 1.82) is 0 Å². The van der Waals surface area contributed by atoms with Crippen LogP contribution in [0.5, 0.6) is 0 Å². The summed E-state index contributed by atoms with van der Waals surface area (Å²) in [6.07, 6.45) is 10.4. The van der Waals surface area contributed by atoms with Crippen molar-refractivity contribution in [2.75, 3.05) is 37.1 Å². The van der Waals surface area contributed by atoms with Crippen LogP contribution in [0.3, 0.4) is 0 Å². The number of rotatable bonds is 6. The zero-order valence-corrected chi connectivity index (χ0v) is 23.8. The second-order valence-corrected chi connectivity index (χ2v) is 13.1. The predicted molar refractivity (Wildman–Crippen MR) is 151 cm³/mol. The highest BCUT2D eigenvalue weighted by atomic mass is 32.2. The van der Waals surface area contributed by atoms with E-state index in [1.54, 1.807) is 48.4 Å². The lowest BCUT2D eigenvalue weighted by molar-refractivity contribution is -0.118. The summed E-state index contributed by atoms with van der Waals surface area (Å²) in [5, 5.41) is 3.96. The largest absolute Gasteiger partial charge is 0.343 e. The molecule has 3 aliphatic rings. The fourth-order valence-corrected chi connectivity index (χ4v) is 7.88. The van der Waals surface area contributed by atoms with E-state index in [-0.39, 0.29) is 36.4 Å². The minimum Gasteiger partial charge on any atom is -0.343 e. The Labute approximate surface area is 233 Å². The summed E-state index contributed by atoms with van der Waals surface area (Å²) >= 11 is 0. The Hall–Kier alpha value is -3.58. The maximum absolute atomic E-state index is 13.0. The molecule has 1 aliphatic carbocycles. The maximum Gasteiger partial charge on any atom is 0.270 e. The van der Waals surface area contributed by atoms with Gasteiger partial charge in [-0.1, -0.05) is 12.8 Å².